The molecule has 0 bridgehead atoms. The van der Waals surface area contributed by atoms with E-state index in [4.69, 9.17) is 0 Å². The smallest absolute Gasteiger partial charge is 0.280 e. The Kier molecular flexibility index (Phi) is 2.03. The first-order valence-electron chi connectivity index (χ1n) is 2.85. The number of hydrogen-bond acceptors (Lipinski definition) is 2. The first-order valence-corrected chi connectivity index (χ1v) is 2.85. The number of amides is 1. The van der Waals surface area contributed by atoms with Gasteiger partial charge in [0.2, 0.25) is 5.95 Å². The maximum Gasteiger partial charge on any atom is 0.280 e. The van der Waals surface area contributed by atoms with Gasteiger partial charge >= 0.3 is 0 Å². The van der Waals surface area contributed by atoms with Crippen molar-refractivity contribution >= 4 is 5.91 Å². The molecule has 1 aromatic rings. The van der Waals surface area contributed by atoms with E-state index in [-0.39, 0.29) is 0 Å². The van der Waals surface area contributed by atoms with Crippen LogP contribution in [0.1, 0.15) is 22.5 Å². The molecule has 0 aliphatic carbocycles. The molecule has 0 aliphatic heterocycles. The van der Waals surface area contributed by atoms with Gasteiger partial charge in [0.05, 0.1) is 0 Å². The predicted octanol–water partition coefficient (Wildman–Crippen LogP) is 0.585. The first-order chi connectivity index (χ1) is 5.54. The molecule has 66 valence electrons. The number of aromatic amines is 1. The molecule has 0 unspecified atom stereocenters. The highest BCUT2D eigenvalue weighted by atomic mass is 19.3. The maximum absolute atomic E-state index is 12.4. The van der Waals surface area contributed by atoms with Crippen LogP contribution in [0.2, 0.25) is 0 Å². The number of H-pyrrole nitrogens is 1. The molecular weight excluding hydrogens is 175 g/mol. The maximum atomic E-state index is 12.4. The second-order valence-electron chi connectivity index (χ2n) is 1.97. The molecule has 1 heterocycles. The lowest BCUT2D eigenvalue weighted by atomic mass is 10.2. The van der Waals surface area contributed by atoms with Gasteiger partial charge < -0.3 is 5.73 Å². The topological polar surface area (TPSA) is 71.8 Å². The Bertz CT molecular complexity index is 309. The number of primary amides is 1. The molecule has 3 N–H and O–H groups in total. The number of nitrogens with zero attached hydrogens (tertiary/aromatic N) is 1. The van der Waals surface area contributed by atoms with Crippen molar-refractivity contribution in [2.45, 2.75) is 6.43 Å². The van der Waals surface area contributed by atoms with Gasteiger partial charge in [0, 0.05) is 0 Å². The summed E-state index contributed by atoms with van der Waals surface area (Å²) in [6, 6.07) is 0. The molecule has 1 aromatic heterocycles. The molecule has 4 nitrogen and oxygen atoms in total. The van der Waals surface area contributed by atoms with Gasteiger partial charge in [0.1, 0.15) is 11.3 Å². The third-order valence-corrected chi connectivity index (χ3v) is 1.21. The van der Waals surface area contributed by atoms with Crippen LogP contribution in [0, 0.1) is 5.95 Å². The quantitative estimate of drug-likeness (QED) is 0.697. The molecule has 0 aromatic carbocycles. The van der Waals surface area contributed by atoms with Gasteiger partial charge in [0.25, 0.3) is 12.3 Å². The third kappa shape index (κ3) is 1.25. The molecule has 0 fully saturated rings. The van der Waals surface area contributed by atoms with Crippen LogP contribution >= 0.6 is 0 Å². The molecule has 0 saturated heterocycles. The van der Waals surface area contributed by atoms with E-state index in [0.717, 1.165) is 0 Å². The molecule has 0 radical (unpaired) electrons. The van der Waals surface area contributed by atoms with E-state index in [2.05, 4.69) is 10.8 Å². The molecule has 0 aliphatic rings. The molecule has 0 spiro atoms. The summed E-state index contributed by atoms with van der Waals surface area (Å²) in [6.45, 7) is 0. The van der Waals surface area contributed by atoms with Crippen LogP contribution in [-0.4, -0.2) is 16.1 Å². The molecular formula is C5H4F3N3O. The SMILES string of the molecule is NC(=O)c1c(F)n[nH]c1C(F)F. The Morgan fingerprint density at radius 3 is 2.50 bits per heavy atom. The van der Waals surface area contributed by atoms with Gasteiger partial charge in [-0.25, -0.2) is 8.78 Å². The van der Waals surface area contributed by atoms with Crippen molar-refractivity contribution < 1.29 is 18.0 Å². The monoisotopic (exact) mass is 179 g/mol. The van der Waals surface area contributed by atoms with Crippen LogP contribution in [0.25, 0.3) is 0 Å². The molecule has 12 heavy (non-hydrogen) atoms. The second kappa shape index (κ2) is 2.84. The summed E-state index contributed by atoms with van der Waals surface area (Å²) in [6.07, 6.45) is -3.00. The molecule has 0 atom stereocenters. The summed E-state index contributed by atoms with van der Waals surface area (Å²) in [7, 11) is 0. The standard InChI is InChI=1S/C5H4F3N3O/c6-3(7)2-1(5(9)12)4(8)11-10-2/h3H,(H2,9,12)(H,10,11). The lowest BCUT2D eigenvalue weighted by molar-refractivity contribution is 0.0980. The first kappa shape index (κ1) is 8.57. The Morgan fingerprint density at radius 2 is 2.17 bits per heavy atom. The molecule has 1 amide bonds. The Hall–Kier alpha value is -1.53. The summed E-state index contributed by atoms with van der Waals surface area (Å²) >= 11 is 0. The Balaban J connectivity index is 3.21. The Labute approximate surface area is 64.6 Å². The number of carbonyl (C=O) groups is 1. The van der Waals surface area contributed by atoms with Gasteiger partial charge in [0.15, 0.2) is 0 Å². The van der Waals surface area contributed by atoms with E-state index < -0.39 is 29.5 Å². The van der Waals surface area contributed by atoms with Crippen LogP contribution in [0.3, 0.4) is 0 Å². The summed E-state index contributed by atoms with van der Waals surface area (Å²) < 4.78 is 36.4. The number of nitrogens with one attached hydrogen (secondary N) is 1. The normalized spacial score (nSPS) is 10.7. The van der Waals surface area contributed by atoms with Crippen molar-refractivity contribution in [3.05, 3.63) is 17.2 Å². The fourth-order valence-corrected chi connectivity index (χ4v) is 0.725. The minimum absolute atomic E-state index is 0.884. The van der Waals surface area contributed by atoms with Crippen molar-refractivity contribution in [1.82, 2.24) is 10.2 Å². The van der Waals surface area contributed by atoms with E-state index in [1.54, 1.807) is 5.10 Å². The van der Waals surface area contributed by atoms with Gasteiger partial charge in [-0.15, -0.1) is 5.10 Å². The minimum atomic E-state index is -3.00. The average Bonchev–Trinajstić information content (AvgIpc) is 2.30. The summed E-state index contributed by atoms with van der Waals surface area (Å²) in [5.74, 6) is -2.57. The van der Waals surface area contributed by atoms with Crippen LogP contribution < -0.4 is 5.73 Å². The van der Waals surface area contributed by atoms with Crippen LogP contribution in [0.4, 0.5) is 13.2 Å². The summed E-state index contributed by atoms with van der Waals surface area (Å²) in [5, 5.41) is 4.47. The van der Waals surface area contributed by atoms with E-state index in [0.29, 0.717) is 0 Å². The predicted molar refractivity (Wildman–Crippen MR) is 32.0 cm³/mol. The summed E-state index contributed by atoms with van der Waals surface area (Å²) in [4.78, 5) is 10.4. The van der Waals surface area contributed by atoms with Crippen LogP contribution in [-0.2, 0) is 0 Å². The minimum Gasteiger partial charge on any atom is -0.365 e. The summed E-state index contributed by atoms with van der Waals surface area (Å²) in [5.41, 5.74) is 2.85. The zero-order valence-corrected chi connectivity index (χ0v) is 5.64. The molecule has 7 heteroatoms. The van der Waals surface area contributed by atoms with Gasteiger partial charge in [-0.05, 0) is 0 Å². The highest BCUT2D eigenvalue weighted by Gasteiger charge is 2.24. The highest BCUT2D eigenvalue weighted by molar-refractivity contribution is 5.94. The lowest BCUT2D eigenvalue weighted by Gasteiger charge is -1.95. The van der Waals surface area contributed by atoms with Gasteiger partial charge in [-0.2, -0.15) is 4.39 Å². The second-order valence-corrected chi connectivity index (χ2v) is 1.97. The fourth-order valence-electron chi connectivity index (χ4n) is 0.725. The number of carbonyl (C=O) groups excluding carboxylic acids is 1. The van der Waals surface area contributed by atoms with E-state index in [1.165, 1.54) is 0 Å². The molecule has 1 rings (SSSR count). The Morgan fingerprint density at radius 1 is 1.58 bits per heavy atom. The largest absolute Gasteiger partial charge is 0.365 e. The van der Waals surface area contributed by atoms with Crippen molar-refractivity contribution in [2.75, 3.05) is 0 Å². The zero-order valence-electron chi connectivity index (χ0n) is 5.64. The number of hydrogen-bond donors (Lipinski definition) is 2. The van der Waals surface area contributed by atoms with E-state index in [9.17, 15) is 18.0 Å². The van der Waals surface area contributed by atoms with Crippen molar-refractivity contribution in [3.8, 4) is 0 Å². The molecule has 0 saturated carbocycles. The van der Waals surface area contributed by atoms with E-state index in [1.807, 2.05) is 0 Å². The van der Waals surface area contributed by atoms with Crippen LogP contribution in [0.15, 0.2) is 0 Å². The van der Waals surface area contributed by atoms with Gasteiger partial charge in [-0.3, -0.25) is 9.89 Å². The third-order valence-electron chi connectivity index (χ3n) is 1.21. The number of nitrogens with two attached hydrogens (primary N) is 1. The van der Waals surface area contributed by atoms with Crippen molar-refractivity contribution in [2.24, 2.45) is 5.73 Å². The number of rotatable bonds is 2. The average molecular weight is 179 g/mol. The van der Waals surface area contributed by atoms with Crippen molar-refractivity contribution in [3.63, 3.8) is 0 Å². The number of halogens is 3. The van der Waals surface area contributed by atoms with Crippen molar-refractivity contribution in [1.29, 1.82) is 0 Å². The highest BCUT2D eigenvalue weighted by Crippen LogP contribution is 2.21. The lowest BCUT2D eigenvalue weighted by Crippen LogP contribution is -2.14. The fraction of sp³-hybridized carbons (Fsp3) is 0.200. The van der Waals surface area contributed by atoms with Crippen LogP contribution in [0.5, 0.6) is 0 Å². The van der Waals surface area contributed by atoms with E-state index >= 15 is 0 Å². The van der Waals surface area contributed by atoms with Gasteiger partial charge in [-0.1, -0.05) is 0 Å². The number of aromatic nitrogens is 2. The zero-order chi connectivity index (χ0) is 9.30. The number of alkyl halides is 2.